The molecule has 2 bridgehead atoms. The van der Waals surface area contributed by atoms with Gasteiger partial charge in [0.15, 0.2) is 0 Å². The highest BCUT2D eigenvalue weighted by Gasteiger charge is 2.64. The Balaban J connectivity index is 1.91. The Labute approximate surface area is 144 Å². The van der Waals surface area contributed by atoms with Gasteiger partial charge < -0.3 is 5.11 Å². The molecule has 1 saturated carbocycles. The minimum atomic E-state index is -0.751. The first-order valence-corrected chi connectivity index (χ1v) is 8.15. The van der Waals surface area contributed by atoms with Gasteiger partial charge in [-0.1, -0.05) is 32.4 Å². The van der Waals surface area contributed by atoms with E-state index in [-0.39, 0.29) is 22.3 Å². The maximum atomic E-state index is 12.9. The van der Waals surface area contributed by atoms with Crippen molar-refractivity contribution >= 4 is 29.3 Å². The number of carbonyl (C=O) groups excluding carboxylic acids is 3. The van der Waals surface area contributed by atoms with E-state index in [0.29, 0.717) is 12.8 Å². The second-order valence-electron chi connectivity index (χ2n) is 7.23. The van der Waals surface area contributed by atoms with Gasteiger partial charge in [0.2, 0.25) is 0 Å². The lowest BCUT2D eigenvalue weighted by molar-refractivity contribution is -0.171. The highest BCUT2D eigenvalue weighted by atomic mass is 35.5. The van der Waals surface area contributed by atoms with Crippen LogP contribution in [0.4, 0.5) is 0 Å². The zero-order valence-electron chi connectivity index (χ0n) is 13.7. The van der Waals surface area contributed by atoms with Crippen LogP contribution in [0.1, 0.15) is 44.0 Å². The van der Waals surface area contributed by atoms with Crippen LogP contribution in [0, 0.1) is 16.7 Å². The molecule has 2 fully saturated rings. The van der Waals surface area contributed by atoms with E-state index >= 15 is 0 Å². The molecule has 1 aromatic rings. The summed E-state index contributed by atoms with van der Waals surface area (Å²) in [6.45, 7) is 5.67. The summed E-state index contributed by atoms with van der Waals surface area (Å²) in [5.41, 5.74) is 1.08. The van der Waals surface area contributed by atoms with Gasteiger partial charge in [-0.25, -0.2) is 0 Å². The van der Waals surface area contributed by atoms with Gasteiger partial charge in [-0.3, -0.25) is 19.8 Å². The fourth-order valence-corrected chi connectivity index (χ4v) is 3.95. The van der Waals surface area contributed by atoms with Crippen LogP contribution in [0.3, 0.4) is 0 Å². The molecular weight excluding hydrogens is 332 g/mol. The summed E-state index contributed by atoms with van der Waals surface area (Å²) in [6, 6.07) is 4.01. The van der Waals surface area contributed by atoms with Crippen molar-refractivity contribution in [2.75, 3.05) is 0 Å². The molecule has 24 heavy (non-hydrogen) atoms. The van der Waals surface area contributed by atoms with Crippen molar-refractivity contribution in [2.45, 2.75) is 33.6 Å². The van der Waals surface area contributed by atoms with E-state index in [9.17, 15) is 19.5 Å². The molecule has 0 spiro atoms. The molecule has 1 heterocycles. The van der Waals surface area contributed by atoms with Crippen LogP contribution in [0.25, 0.3) is 0 Å². The van der Waals surface area contributed by atoms with Crippen molar-refractivity contribution in [3.8, 4) is 5.75 Å². The van der Waals surface area contributed by atoms with Crippen molar-refractivity contribution in [1.82, 2.24) is 10.4 Å². The van der Waals surface area contributed by atoms with Crippen molar-refractivity contribution in [3.63, 3.8) is 0 Å². The molecule has 3 rings (SSSR count). The lowest BCUT2D eigenvalue weighted by atomic mass is 9.63. The number of phenols is 1. The van der Waals surface area contributed by atoms with Crippen LogP contribution < -0.4 is 5.43 Å². The van der Waals surface area contributed by atoms with Crippen LogP contribution in [0.5, 0.6) is 5.75 Å². The largest absolute Gasteiger partial charge is 0.507 e. The molecule has 1 aliphatic heterocycles. The molecule has 2 atom stereocenters. The number of imide groups is 1. The molecular formula is C17H19ClN2O4. The van der Waals surface area contributed by atoms with Gasteiger partial charge in [0.05, 0.1) is 11.0 Å². The summed E-state index contributed by atoms with van der Waals surface area (Å²) < 4.78 is 0. The number of rotatable bonds is 2. The summed E-state index contributed by atoms with van der Waals surface area (Å²) in [6.07, 6.45) is 1.22. The average molecular weight is 351 g/mol. The third-order valence-corrected chi connectivity index (χ3v) is 6.07. The molecule has 2 aliphatic rings. The molecule has 0 unspecified atom stereocenters. The first-order valence-electron chi connectivity index (χ1n) is 7.77. The van der Waals surface area contributed by atoms with Crippen LogP contribution in [-0.2, 0) is 9.59 Å². The van der Waals surface area contributed by atoms with Gasteiger partial charge in [0, 0.05) is 10.9 Å². The van der Waals surface area contributed by atoms with Crippen LogP contribution in [0.15, 0.2) is 18.2 Å². The Morgan fingerprint density at radius 3 is 2.67 bits per heavy atom. The number of amides is 3. The lowest BCUT2D eigenvalue weighted by Crippen LogP contribution is -2.63. The van der Waals surface area contributed by atoms with Gasteiger partial charge in [0.1, 0.15) is 5.75 Å². The maximum absolute atomic E-state index is 12.9. The zero-order valence-corrected chi connectivity index (χ0v) is 14.5. The third kappa shape index (κ3) is 2.13. The summed E-state index contributed by atoms with van der Waals surface area (Å²) >= 11 is 5.84. The number of nitrogens with one attached hydrogen (secondary N) is 1. The molecule has 7 heteroatoms. The predicted octanol–water partition coefficient (Wildman–Crippen LogP) is 2.50. The van der Waals surface area contributed by atoms with Gasteiger partial charge in [-0.05, 0) is 36.5 Å². The minimum absolute atomic E-state index is 0.0922. The number of hydrogen-bond donors (Lipinski definition) is 2. The van der Waals surface area contributed by atoms with Gasteiger partial charge in [0.25, 0.3) is 17.7 Å². The summed E-state index contributed by atoms with van der Waals surface area (Å²) in [5.74, 6) is -2.17. The Morgan fingerprint density at radius 2 is 2.00 bits per heavy atom. The first kappa shape index (κ1) is 16.8. The molecule has 1 aromatic carbocycles. The number of benzene rings is 1. The molecule has 128 valence electrons. The zero-order chi connectivity index (χ0) is 17.9. The number of hydrogen-bond acceptors (Lipinski definition) is 4. The van der Waals surface area contributed by atoms with Gasteiger partial charge in [-0.15, -0.1) is 0 Å². The van der Waals surface area contributed by atoms with E-state index in [2.05, 4.69) is 5.43 Å². The van der Waals surface area contributed by atoms with Gasteiger partial charge in [-0.2, -0.15) is 5.01 Å². The lowest BCUT2D eigenvalue weighted by Gasteiger charge is -2.47. The van der Waals surface area contributed by atoms with Crippen molar-refractivity contribution in [1.29, 1.82) is 0 Å². The Bertz CT molecular complexity index is 761. The average Bonchev–Trinajstić information content (AvgIpc) is 2.70. The molecule has 0 aromatic heterocycles. The molecule has 1 saturated heterocycles. The van der Waals surface area contributed by atoms with Crippen molar-refractivity contribution in [2.24, 2.45) is 16.7 Å². The first-order chi connectivity index (χ1) is 11.1. The molecule has 2 N–H and O–H groups in total. The maximum Gasteiger partial charge on any atom is 0.274 e. The van der Waals surface area contributed by atoms with Crippen molar-refractivity contribution in [3.05, 3.63) is 28.8 Å². The summed E-state index contributed by atoms with van der Waals surface area (Å²) in [4.78, 5) is 37.9. The number of hydrazine groups is 1. The van der Waals surface area contributed by atoms with E-state index in [1.54, 1.807) is 0 Å². The third-order valence-electron chi connectivity index (χ3n) is 5.84. The monoisotopic (exact) mass is 350 g/mol. The molecule has 1 aliphatic carbocycles. The number of carbonyl (C=O) groups is 3. The fraction of sp³-hybridized carbons (Fsp3) is 0.471. The Kier molecular flexibility index (Phi) is 3.64. The number of nitrogens with zero attached hydrogens (tertiary/aromatic N) is 1. The molecule has 3 amide bonds. The summed E-state index contributed by atoms with van der Waals surface area (Å²) in [7, 11) is 0. The summed E-state index contributed by atoms with van der Waals surface area (Å²) in [5, 5.41) is 10.9. The number of aromatic hydroxyl groups is 1. The van der Waals surface area contributed by atoms with Crippen molar-refractivity contribution < 1.29 is 19.5 Å². The van der Waals surface area contributed by atoms with Crippen LogP contribution in [-0.4, -0.2) is 27.8 Å². The van der Waals surface area contributed by atoms with E-state index in [0.717, 1.165) is 5.01 Å². The number of piperidine rings is 1. The van der Waals surface area contributed by atoms with E-state index in [1.807, 2.05) is 20.8 Å². The SMILES string of the molecule is CC1(C)[C@H]2CC[C@]1(C)C(=O)N(NC(=O)c1cc(Cl)ccc1O)C2=O. The van der Waals surface area contributed by atoms with E-state index in [1.165, 1.54) is 18.2 Å². The van der Waals surface area contributed by atoms with Crippen LogP contribution >= 0.6 is 11.6 Å². The fourth-order valence-electron chi connectivity index (χ4n) is 3.78. The number of fused-ring (bicyclic) bond motifs is 2. The second-order valence-corrected chi connectivity index (χ2v) is 7.66. The smallest absolute Gasteiger partial charge is 0.274 e. The normalized spacial score (nSPS) is 28.2. The highest BCUT2D eigenvalue weighted by molar-refractivity contribution is 6.31. The Hall–Kier alpha value is -2.08. The minimum Gasteiger partial charge on any atom is -0.507 e. The predicted molar refractivity (Wildman–Crippen MR) is 87.0 cm³/mol. The Morgan fingerprint density at radius 1 is 1.33 bits per heavy atom. The second kappa shape index (κ2) is 5.21. The van der Waals surface area contributed by atoms with Gasteiger partial charge >= 0.3 is 0 Å². The van der Waals surface area contributed by atoms with E-state index < -0.39 is 28.6 Å². The quantitative estimate of drug-likeness (QED) is 0.802. The number of phenolic OH excluding ortho intramolecular Hbond substituents is 1. The standard InChI is InChI=1S/C17H19ClN2O4/c1-16(2)11-6-7-17(16,3)15(24)20(14(11)23)19-13(22)10-8-9(18)4-5-12(10)21/h4-5,8,11,21H,6-7H2,1-3H3,(H,19,22)/t11-,17+/m0/s1. The van der Waals surface area contributed by atoms with E-state index in [4.69, 9.17) is 11.6 Å². The highest BCUT2D eigenvalue weighted by Crippen LogP contribution is 2.59. The number of halogens is 1. The molecule has 6 nitrogen and oxygen atoms in total. The molecule has 0 radical (unpaired) electrons. The topological polar surface area (TPSA) is 86.7 Å². The van der Waals surface area contributed by atoms with Crippen LogP contribution in [0.2, 0.25) is 5.02 Å².